The lowest BCUT2D eigenvalue weighted by Crippen LogP contribution is -1.91. The van der Waals surface area contributed by atoms with Crippen LogP contribution in [0.15, 0.2) is 18.6 Å². The van der Waals surface area contributed by atoms with Gasteiger partial charge in [-0.05, 0) is 6.07 Å². The Hall–Kier alpha value is -1.25. The third-order valence-corrected chi connectivity index (χ3v) is 1.72. The molecule has 10 heavy (non-hydrogen) atoms. The largest absolute Gasteiger partial charge is 0.336 e. The van der Waals surface area contributed by atoms with E-state index in [9.17, 15) is 0 Å². The quantitative estimate of drug-likeness (QED) is 0.526. The van der Waals surface area contributed by atoms with Crippen LogP contribution in [0, 0.1) is 0 Å². The van der Waals surface area contributed by atoms with Crippen molar-refractivity contribution in [1.82, 2.24) is 14.1 Å². The van der Waals surface area contributed by atoms with Gasteiger partial charge in [-0.3, -0.25) is 0 Å². The van der Waals surface area contributed by atoms with Gasteiger partial charge in [0, 0.05) is 20.3 Å². The zero-order chi connectivity index (χ0) is 7.14. The molecule has 3 nitrogen and oxygen atoms in total. The molecule has 0 saturated heterocycles. The monoisotopic (exact) mass is 135 g/mol. The molecule has 2 rings (SSSR count). The molecule has 0 atom stereocenters. The van der Waals surface area contributed by atoms with Gasteiger partial charge < -0.3 is 9.13 Å². The first-order valence-electron chi connectivity index (χ1n) is 3.21. The van der Waals surface area contributed by atoms with Gasteiger partial charge in [0.05, 0.1) is 6.33 Å². The first-order valence-corrected chi connectivity index (χ1v) is 3.21. The van der Waals surface area contributed by atoms with Crippen molar-refractivity contribution < 1.29 is 0 Å². The van der Waals surface area contributed by atoms with Crippen molar-refractivity contribution >= 4 is 11.2 Å². The Kier molecular flexibility index (Phi) is 0.897. The van der Waals surface area contributed by atoms with Crippen molar-refractivity contribution in [2.24, 2.45) is 14.1 Å². The van der Waals surface area contributed by atoms with Gasteiger partial charge in [0.2, 0.25) is 0 Å². The molecule has 2 aromatic heterocycles. The molecule has 2 heterocycles. The van der Waals surface area contributed by atoms with Crippen molar-refractivity contribution in [3.05, 3.63) is 18.6 Å². The number of rotatable bonds is 0. The van der Waals surface area contributed by atoms with E-state index >= 15 is 0 Å². The maximum atomic E-state index is 4.18. The molecule has 0 radical (unpaired) electrons. The molecule has 52 valence electrons. The molecule has 0 N–H and O–H groups in total. The highest BCUT2D eigenvalue weighted by molar-refractivity contribution is 5.71. The van der Waals surface area contributed by atoms with Crippen LogP contribution in [-0.2, 0) is 14.1 Å². The average molecular weight is 135 g/mol. The van der Waals surface area contributed by atoms with E-state index in [1.54, 1.807) is 0 Å². The molecule has 0 unspecified atom stereocenters. The Morgan fingerprint density at radius 1 is 1.30 bits per heavy atom. The van der Waals surface area contributed by atoms with Crippen LogP contribution < -0.4 is 0 Å². The van der Waals surface area contributed by atoms with Crippen molar-refractivity contribution in [2.75, 3.05) is 0 Å². The van der Waals surface area contributed by atoms with Gasteiger partial charge in [0.1, 0.15) is 11.2 Å². The summed E-state index contributed by atoms with van der Waals surface area (Å²) in [5.41, 5.74) is 2.23. The molecular weight excluding hydrogens is 126 g/mol. The summed E-state index contributed by atoms with van der Waals surface area (Å²) in [7, 11) is 4.01. The number of fused-ring (bicyclic) bond motifs is 1. The van der Waals surface area contributed by atoms with Crippen LogP contribution in [0.5, 0.6) is 0 Å². The summed E-state index contributed by atoms with van der Waals surface area (Å²) in [6.45, 7) is 0. The molecular formula is C7H9N3. The minimum atomic E-state index is 1.06. The standard InChI is InChI=1S/C7H9N3/c1-9-4-3-6-7(9)10(2)5-8-6/h3-5H,1-2H3. The van der Waals surface area contributed by atoms with Gasteiger partial charge >= 0.3 is 0 Å². The predicted octanol–water partition coefficient (Wildman–Crippen LogP) is 0.912. The highest BCUT2D eigenvalue weighted by Gasteiger charge is 2.00. The normalized spacial score (nSPS) is 11.0. The molecule has 0 fully saturated rings. The summed E-state index contributed by atoms with van der Waals surface area (Å²) in [6, 6.07) is 2.01. The Morgan fingerprint density at radius 2 is 2.10 bits per heavy atom. The Morgan fingerprint density at radius 3 is 2.80 bits per heavy atom. The fourth-order valence-electron chi connectivity index (χ4n) is 1.24. The highest BCUT2D eigenvalue weighted by atomic mass is 15.1. The first kappa shape index (κ1) is 5.53. The second-order valence-corrected chi connectivity index (χ2v) is 2.49. The number of imidazole rings is 1. The van der Waals surface area contributed by atoms with Gasteiger partial charge in [-0.2, -0.15) is 0 Å². The molecule has 0 spiro atoms. The Balaban J connectivity index is 2.98. The van der Waals surface area contributed by atoms with Crippen LogP contribution in [0.2, 0.25) is 0 Å². The molecule has 0 aliphatic heterocycles. The summed E-state index contributed by atoms with van der Waals surface area (Å²) in [5.74, 6) is 0. The summed E-state index contributed by atoms with van der Waals surface area (Å²) in [4.78, 5) is 4.18. The Bertz CT molecular complexity index is 324. The minimum Gasteiger partial charge on any atom is -0.336 e. The van der Waals surface area contributed by atoms with Crippen molar-refractivity contribution in [3.63, 3.8) is 0 Å². The maximum Gasteiger partial charge on any atom is 0.139 e. The molecule has 0 aromatic carbocycles. The second-order valence-electron chi connectivity index (χ2n) is 2.49. The third-order valence-electron chi connectivity index (χ3n) is 1.72. The molecule has 0 aliphatic carbocycles. The molecule has 0 saturated carbocycles. The summed E-state index contributed by atoms with van der Waals surface area (Å²) < 4.78 is 4.07. The van der Waals surface area contributed by atoms with Gasteiger partial charge in [-0.25, -0.2) is 4.98 Å². The summed E-state index contributed by atoms with van der Waals surface area (Å²) in [6.07, 6.45) is 3.84. The molecule has 0 aliphatic rings. The van der Waals surface area contributed by atoms with Crippen LogP contribution in [0.25, 0.3) is 11.2 Å². The van der Waals surface area contributed by atoms with Gasteiger partial charge in [0.15, 0.2) is 0 Å². The lowest BCUT2D eigenvalue weighted by Gasteiger charge is -1.94. The van der Waals surface area contributed by atoms with E-state index in [0.717, 1.165) is 5.52 Å². The van der Waals surface area contributed by atoms with Crippen LogP contribution in [-0.4, -0.2) is 14.1 Å². The minimum absolute atomic E-state index is 1.06. The fourth-order valence-corrected chi connectivity index (χ4v) is 1.24. The van der Waals surface area contributed by atoms with E-state index in [0.29, 0.717) is 0 Å². The zero-order valence-electron chi connectivity index (χ0n) is 6.07. The van der Waals surface area contributed by atoms with E-state index < -0.39 is 0 Å². The Labute approximate surface area is 58.9 Å². The summed E-state index contributed by atoms with van der Waals surface area (Å²) in [5, 5.41) is 0. The van der Waals surface area contributed by atoms with Crippen molar-refractivity contribution in [3.8, 4) is 0 Å². The molecule has 0 bridgehead atoms. The van der Waals surface area contributed by atoms with Gasteiger partial charge in [-0.15, -0.1) is 0 Å². The van der Waals surface area contributed by atoms with Crippen molar-refractivity contribution in [1.29, 1.82) is 0 Å². The van der Waals surface area contributed by atoms with E-state index in [2.05, 4.69) is 9.55 Å². The molecule has 0 amide bonds. The molecule has 2 aromatic rings. The van der Waals surface area contributed by atoms with Crippen LogP contribution >= 0.6 is 0 Å². The lowest BCUT2D eigenvalue weighted by molar-refractivity contribution is 0.858. The SMILES string of the molecule is Cn1ccc2ncn(C)c21. The second kappa shape index (κ2) is 1.62. The van der Waals surface area contributed by atoms with E-state index in [1.165, 1.54) is 5.65 Å². The van der Waals surface area contributed by atoms with E-state index in [4.69, 9.17) is 0 Å². The van der Waals surface area contributed by atoms with Crippen LogP contribution in [0.4, 0.5) is 0 Å². The van der Waals surface area contributed by atoms with Crippen LogP contribution in [0.1, 0.15) is 0 Å². The number of hydrogen-bond donors (Lipinski definition) is 0. The number of nitrogens with zero attached hydrogens (tertiary/aromatic N) is 3. The number of aromatic nitrogens is 3. The number of aryl methyl sites for hydroxylation is 2. The molecule has 3 heteroatoms. The smallest absolute Gasteiger partial charge is 0.139 e. The maximum absolute atomic E-state index is 4.18. The van der Waals surface area contributed by atoms with Crippen LogP contribution in [0.3, 0.4) is 0 Å². The topological polar surface area (TPSA) is 22.8 Å². The number of hydrogen-bond acceptors (Lipinski definition) is 1. The predicted molar refractivity (Wildman–Crippen MR) is 39.7 cm³/mol. The van der Waals surface area contributed by atoms with Crippen molar-refractivity contribution in [2.45, 2.75) is 0 Å². The highest BCUT2D eigenvalue weighted by Crippen LogP contribution is 2.10. The first-order chi connectivity index (χ1) is 4.79. The third kappa shape index (κ3) is 0.518. The lowest BCUT2D eigenvalue weighted by atomic mass is 10.6. The zero-order valence-corrected chi connectivity index (χ0v) is 6.07. The van der Waals surface area contributed by atoms with E-state index in [1.807, 2.05) is 37.3 Å². The summed E-state index contributed by atoms with van der Waals surface area (Å²) >= 11 is 0. The van der Waals surface area contributed by atoms with E-state index in [-0.39, 0.29) is 0 Å². The van der Waals surface area contributed by atoms with Gasteiger partial charge in [0.25, 0.3) is 0 Å². The van der Waals surface area contributed by atoms with Gasteiger partial charge in [-0.1, -0.05) is 0 Å². The fraction of sp³-hybridized carbons (Fsp3) is 0.286. The average Bonchev–Trinajstić information content (AvgIpc) is 2.40.